The molecule has 1 aromatic rings. The fourth-order valence-electron chi connectivity index (χ4n) is 4.74. The fraction of sp³-hybridized carbons (Fsp3) is 0.600. The minimum atomic E-state index is -1.12. The van der Waals surface area contributed by atoms with Gasteiger partial charge in [-0.1, -0.05) is 18.2 Å². The zero-order chi connectivity index (χ0) is 19.3. The number of likely N-dealkylation sites (tertiary alicyclic amines) is 1. The van der Waals surface area contributed by atoms with E-state index in [2.05, 4.69) is 10.6 Å². The molecule has 0 unspecified atom stereocenters. The maximum Gasteiger partial charge on any atom is 0.251 e. The summed E-state index contributed by atoms with van der Waals surface area (Å²) in [5.74, 6) is 0.213. The number of aliphatic hydroxyl groups excluding tert-OH is 1. The number of nitrogens with one attached hydrogen (secondary N) is 2. The predicted octanol–water partition coefficient (Wildman–Crippen LogP) is 0.0852. The first kappa shape index (κ1) is 19.6. The van der Waals surface area contributed by atoms with Gasteiger partial charge in [0.15, 0.2) is 0 Å². The van der Waals surface area contributed by atoms with Crippen molar-refractivity contribution in [2.24, 2.45) is 5.92 Å². The van der Waals surface area contributed by atoms with Gasteiger partial charge in [-0.15, -0.1) is 0 Å². The summed E-state index contributed by atoms with van der Waals surface area (Å²) >= 11 is 0. The van der Waals surface area contributed by atoms with Crippen LogP contribution in [-0.4, -0.2) is 61.3 Å². The summed E-state index contributed by atoms with van der Waals surface area (Å²) in [4.78, 5) is 25.4. The van der Waals surface area contributed by atoms with Crippen LogP contribution in [0.4, 0.5) is 4.79 Å². The second-order valence-electron chi connectivity index (χ2n) is 7.46. The average Bonchev–Trinajstić information content (AvgIpc) is 2.72. The van der Waals surface area contributed by atoms with Crippen LogP contribution in [0.15, 0.2) is 24.3 Å². The van der Waals surface area contributed by atoms with Crippen molar-refractivity contribution in [3.63, 3.8) is 0 Å². The van der Waals surface area contributed by atoms with Gasteiger partial charge in [-0.05, 0) is 56.3 Å². The molecule has 0 spiro atoms. The third-order valence-corrected chi connectivity index (χ3v) is 6.14. The standard InChI is InChI=1S/C20H29N3O4/c24-14-11-22-18(25)16-3-1-2-4-17(16)20(15-5-9-21-10-6-15)7-12-23(13-8-20)19(26)27/h1-4,15,21,24H,5-14H2,(H,22,25)(H,26,27)/p-1. The lowest BCUT2D eigenvalue weighted by atomic mass is 9.61. The number of amides is 2. The van der Waals surface area contributed by atoms with Gasteiger partial charge in [0, 0.05) is 30.6 Å². The lowest BCUT2D eigenvalue weighted by Gasteiger charge is -2.49. The van der Waals surface area contributed by atoms with E-state index in [9.17, 15) is 14.7 Å². The van der Waals surface area contributed by atoms with Crippen LogP contribution in [0, 0.1) is 5.92 Å². The number of piperidine rings is 2. The van der Waals surface area contributed by atoms with Crippen molar-refractivity contribution in [1.29, 1.82) is 0 Å². The Bertz CT molecular complexity index is 665. The molecule has 3 N–H and O–H groups in total. The average molecular weight is 374 g/mol. The van der Waals surface area contributed by atoms with Crippen LogP contribution in [0.3, 0.4) is 0 Å². The fourth-order valence-corrected chi connectivity index (χ4v) is 4.74. The van der Waals surface area contributed by atoms with Crippen LogP contribution in [0.25, 0.3) is 0 Å². The van der Waals surface area contributed by atoms with Crippen LogP contribution < -0.4 is 15.7 Å². The second kappa shape index (κ2) is 8.71. The Morgan fingerprint density at radius 2 is 1.89 bits per heavy atom. The van der Waals surface area contributed by atoms with E-state index >= 15 is 0 Å². The van der Waals surface area contributed by atoms with Crippen molar-refractivity contribution in [2.75, 3.05) is 39.3 Å². The van der Waals surface area contributed by atoms with Gasteiger partial charge >= 0.3 is 0 Å². The zero-order valence-electron chi connectivity index (χ0n) is 15.6. The minimum absolute atomic E-state index is 0.103. The van der Waals surface area contributed by atoms with Gasteiger partial charge in [-0.3, -0.25) is 4.79 Å². The molecular weight excluding hydrogens is 346 g/mol. The van der Waals surface area contributed by atoms with Crippen molar-refractivity contribution in [2.45, 2.75) is 31.1 Å². The van der Waals surface area contributed by atoms with E-state index in [1.54, 1.807) is 0 Å². The monoisotopic (exact) mass is 374 g/mol. The lowest BCUT2D eigenvalue weighted by Crippen LogP contribution is -2.53. The predicted molar refractivity (Wildman–Crippen MR) is 99.3 cm³/mol. The van der Waals surface area contributed by atoms with Crippen LogP contribution in [-0.2, 0) is 5.41 Å². The molecule has 0 bridgehead atoms. The third-order valence-electron chi connectivity index (χ3n) is 6.14. The Morgan fingerprint density at radius 1 is 1.22 bits per heavy atom. The van der Waals surface area contributed by atoms with Gasteiger partial charge < -0.3 is 30.5 Å². The van der Waals surface area contributed by atoms with E-state index in [1.807, 2.05) is 24.3 Å². The third kappa shape index (κ3) is 4.09. The summed E-state index contributed by atoms with van der Waals surface area (Å²) in [7, 11) is 0. The van der Waals surface area contributed by atoms with E-state index in [4.69, 9.17) is 5.11 Å². The van der Waals surface area contributed by atoms with Crippen LogP contribution in [0.5, 0.6) is 0 Å². The summed E-state index contributed by atoms with van der Waals surface area (Å²) in [6.45, 7) is 2.85. The molecule has 27 heavy (non-hydrogen) atoms. The summed E-state index contributed by atoms with van der Waals surface area (Å²) in [5, 5.41) is 26.5. The molecule has 0 saturated carbocycles. The van der Waals surface area contributed by atoms with Crippen LogP contribution >= 0.6 is 0 Å². The Hall–Kier alpha value is -2.12. The van der Waals surface area contributed by atoms with Gasteiger partial charge in [-0.2, -0.15) is 0 Å². The Balaban J connectivity index is 1.96. The molecule has 7 heteroatoms. The molecule has 148 valence electrons. The quantitative estimate of drug-likeness (QED) is 0.677. The van der Waals surface area contributed by atoms with Gasteiger partial charge in [0.1, 0.15) is 6.09 Å². The number of rotatable bonds is 5. The highest BCUT2D eigenvalue weighted by Crippen LogP contribution is 2.46. The highest BCUT2D eigenvalue weighted by molar-refractivity contribution is 5.96. The van der Waals surface area contributed by atoms with E-state index in [1.165, 1.54) is 4.90 Å². The Kier molecular flexibility index (Phi) is 6.34. The molecule has 2 heterocycles. The number of nitrogens with zero attached hydrogens (tertiary/aromatic N) is 1. The smallest absolute Gasteiger partial charge is 0.251 e. The molecule has 2 amide bonds. The number of carbonyl (C=O) groups excluding carboxylic acids is 2. The molecule has 1 aromatic carbocycles. The van der Waals surface area contributed by atoms with Crippen LogP contribution in [0.1, 0.15) is 41.6 Å². The van der Waals surface area contributed by atoms with Crippen molar-refractivity contribution in [3.05, 3.63) is 35.4 Å². The van der Waals surface area contributed by atoms with Gasteiger partial charge in [0.25, 0.3) is 5.91 Å². The zero-order valence-corrected chi connectivity index (χ0v) is 15.6. The molecule has 3 rings (SSSR count). The summed E-state index contributed by atoms with van der Waals surface area (Å²) in [6, 6.07) is 7.65. The molecule has 2 fully saturated rings. The first-order valence-corrected chi connectivity index (χ1v) is 9.73. The highest BCUT2D eigenvalue weighted by Gasteiger charge is 2.44. The molecule has 0 aromatic heterocycles. The van der Waals surface area contributed by atoms with Crippen molar-refractivity contribution < 1.29 is 19.8 Å². The van der Waals surface area contributed by atoms with Crippen molar-refractivity contribution in [3.8, 4) is 0 Å². The van der Waals surface area contributed by atoms with E-state index in [0.29, 0.717) is 37.4 Å². The lowest BCUT2D eigenvalue weighted by molar-refractivity contribution is -0.267. The molecule has 0 aliphatic carbocycles. The molecule has 0 atom stereocenters. The number of hydrogen-bond acceptors (Lipinski definition) is 5. The molecule has 7 nitrogen and oxygen atoms in total. The van der Waals surface area contributed by atoms with E-state index in [0.717, 1.165) is 31.5 Å². The number of hydrogen-bond donors (Lipinski definition) is 3. The summed E-state index contributed by atoms with van der Waals surface area (Å²) < 4.78 is 0. The Labute approximate surface area is 159 Å². The van der Waals surface area contributed by atoms with E-state index in [-0.39, 0.29) is 24.5 Å². The number of benzene rings is 1. The SMILES string of the molecule is O=C(NCCO)c1ccccc1C1(C2CCNCC2)CCN(C(=O)[O-])CC1. The minimum Gasteiger partial charge on any atom is -0.530 e. The molecule has 2 aliphatic heterocycles. The topological polar surface area (TPSA) is 105 Å². The Morgan fingerprint density at radius 3 is 2.52 bits per heavy atom. The van der Waals surface area contributed by atoms with Gasteiger partial charge in [0.05, 0.1) is 6.61 Å². The van der Waals surface area contributed by atoms with E-state index < -0.39 is 6.09 Å². The van der Waals surface area contributed by atoms with Crippen molar-refractivity contribution in [1.82, 2.24) is 15.5 Å². The van der Waals surface area contributed by atoms with Gasteiger partial charge in [0.2, 0.25) is 0 Å². The maximum absolute atomic E-state index is 12.7. The second-order valence-corrected chi connectivity index (χ2v) is 7.46. The number of carboxylic acid groups (broad SMARTS) is 1. The first-order valence-electron chi connectivity index (χ1n) is 9.73. The molecule has 2 saturated heterocycles. The molecule has 2 aliphatic rings. The van der Waals surface area contributed by atoms with Crippen LogP contribution in [0.2, 0.25) is 0 Å². The highest BCUT2D eigenvalue weighted by atomic mass is 16.4. The summed E-state index contributed by atoms with van der Waals surface area (Å²) in [6.07, 6.45) is 2.28. The summed E-state index contributed by atoms with van der Waals surface area (Å²) in [5.41, 5.74) is 1.41. The van der Waals surface area contributed by atoms with Gasteiger partial charge in [-0.25, -0.2) is 0 Å². The largest absolute Gasteiger partial charge is 0.530 e. The molecular formula is C20H28N3O4-. The maximum atomic E-state index is 12.7. The first-order chi connectivity index (χ1) is 13.1. The number of aliphatic hydroxyl groups is 1. The number of carbonyl (C=O) groups is 2. The molecule has 0 radical (unpaired) electrons. The van der Waals surface area contributed by atoms with Crippen molar-refractivity contribution >= 4 is 12.0 Å². The normalized spacial score (nSPS) is 20.3.